The maximum absolute atomic E-state index is 12.1. The average molecular weight is 329 g/mol. The van der Waals surface area contributed by atoms with E-state index in [9.17, 15) is 4.79 Å². The SMILES string of the molecule is CCCCNC(=O)c1cncc(Nc2ccc(OC)cc2OC)c1. The number of hydrogen-bond donors (Lipinski definition) is 2. The predicted octanol–water partition coefficient (Wildman–Crippen LogP) is 3.37. The minimum Gasteiger partial charge on any atom is -0.497 e. The van der Waals surface area contributed by atoms with Crippen LogP contribution < -0.4 is 20.1 Å². The summed E-state index contributed by atoms with van der Waals surface area (Å²) in [6.07, 6.45) is 5.21. The zero-order chi connectivity index (χ0) is 17.4. The Morgan fingerprint density at radius 1 is 1.17 bits per heavy atom. The lowest BCUT2D eigenvalue weighted by Gasteiger charge is -2.13. The van der Waals surface area contributed by atoms with Gasteiger partial charge in [0.2, 0.25) is 0 Å². The van der Waals surface area contributed by atoms with Crippen molar-refractivity contribution in [3.8, 4) is 11.5 Å². The van der Waals surface area contributed by atoms with E-state index in [4.69, 9.17) is 9.47 Å². The molecule has 0 aliphatic carbocycles. The van der Waals surface area contributed by atoms with Gasteiger partial charge in [0.25, 0.3) is 5.91 Å². The highest BCUT2D eigenvalue weighted by Crippen LogP contribution is 2.31. The molecule has 0 aliphatic heterocycles. The lowest BCUT2D eigenvalue weighted by Crippen LogP contribution is -2.24. The number of carbonyl (C=O) groups excluding carboxylic acids is 1. The number of unbranched alkanes of at least 4 members (excludes halogenated alkanes) is 1. The van der Waals surface area contributed by atoms with Gasteiger partial charge in [0.1, 0.15) is 11.5 Å². The van der Waals surface area contributed by atoms with Crippen molar-refractivity contribution in [3.05, 3.63) is 42.2 Å². The maximum atomic E-state index is 12.1. The van der Waals surface area contributed by atoms with Crippen LogP contribution in [0.2, 0.25) is 0 Å². The third-order valence-electron chi connectivity index (χ3n) is 3.50. The zero-order valence-corrected chi connectivity index (χ0v) is 14.3. The summed E-state index contributed by atoms with van der Waals surface area (Å²) in [4.78, 5) is 16.2. The van der Waals surface area contributed by atoms with Gasteiger partial charge in [0, 0.05) is 18.8 Å². The van der Waals surface area contributed by atoms with E-state index in [0.29, 0.717) is 29.3 Å². The molecule has 1 amide bonds. The first-order chi connectivity index (χ1) is 11.7. The minimum absolute atomic E-state index is 0.124. The highest BCUT2D eigenvalue weighted by Gasteiger charge is 2.09. The van der Waals surface area contributed by atoms with Crippen LogP contribution in [0, 0.1) is 0 Å². The first-order valence-electron chi connectivity index (χ1n) is 7.90. The van der Waals surface area contributed by atoms with Gasteiger partial charge in [-0.1, -0.05) is 13.3 Å². The third kappa shape index (κ3) is 4.62. The van der Waals surface area contributed by atoms with Crippen LogP contribution in [-0.4, -0.2) is 31.7 Å². The van der Waals surface area contributed by atoms with Crippen LogP contribution in [0.4, 0.5) is 11.4 Å². The van der Waals surface area contributed by atoms with Crippen LogP contribution in [0.15, 0.2) is 36.7 Å². The molecule has 6 heteroatoms. The topological polar surface area (TPSA) is 72.5 Å². The second-order valence-electron chi connectivity index (χ2n) is 5.26. The number of carbonyl (C=O) groups is 1. The summed E-state index contributed by atoms with van der Waals surface area (Å²) in [6.45, 7) is 2.75. The van der Waals surface area contributed by atoms with Crippen LogP contribution in [0.5, 0.6) is 11.5 Å². The van der Waals surface area contributed by atoms with E-state index in [0.717, 1.165) is 18.5 Å². The van der Waals surface area contributed by atoms with Gasteiger partial charge in [0.05, 0.1) is 37.4 Å². The number of aromatic nitrogens is 1. The number of benzene rings is 1. The van der Waals surface area contributed by atoms with Crippen molar-refractivity contribution in [2.75, 3.05) is 26.1 Å². The third-order valence-corrected chi connectivity index (χ3v) is 3.50. The summed E-state index contributed by atoms with van der Waals surface area (Å²) < 4.78 is 10.5. The minimum atomic E-state index is -0.124. The van der Waals surface area contributed by atoms with Crippen LogP contribution in [-0.2, 0) is 0 Å². The number of rotatable bonds is 8. The normalized spacial score (nSPS) is 10.1. The van der Waals surface area contributed by atoms with Gasteiger partial charge in [-0.15, -0.1) is 0 Å². The highest BCUT2D eigenvalue weighted by molar-refractivity contribution is 5.94. The van der Waals surface area contributed by atoms with E-state index in [1.807, 2.05) is 12.1 Å². The monoisotopic (exact) mass is 329 g/mol. The number of nitrogens with one attached hydrogen (secondary N) is 2. The van der Waals surface area contributed by atoms with Gasteiger partial charge < -0.3 is 20.1 Å². The molecule has 24 heavy (non-hydrogen) atoms. The molecule has 2 rings (SSSR count). The average Bonchev–Trinajstić information content (AvgIpc) is 2.62. The Morgan fingerprint density at radius 2 is 2.00 bits per heavy atom. The Kier molecular flexibility index (Phi) is 6.42. The van der Waals surface area contributed by atoms with Crippen LogP contribution in [0.25, 0.3) is 0 Å². The van der Waals surface area contributed by atoms with Gasteiger partial charge in [-0.25, -0.2) is 0 Å². The molecule has 1 aromatic heterocycles. The van der Waals surface area contributed by atoms with Crippen LogP contribution in [0.3, 0.4) is 0 Å². The second-order valence-corrected chi connectivity index (χ2v) is 5.26. The number of methoxy groups -OCH3 is 2. The van der Waals surface area contributed by atoms with Crippen molar-refractivity contribution < 1.29 is 14.3 Å². The van der Waals surface area contributed by atoms with Gasteiger partial charge in [0.15, 0.2) is 0 Å². The van der Waals surface area contributed by atoms with E-state index >= 15 is 0 Å². The van der Waals surface area contributed by atoms with Crippen LogP contribution >= 0.6 is 0 Å². The van der Waals surface area contributed by atoms with Crippen molar-refractivity contribution in [2.45, 2.75) is 19.8 Å². The molecule has 6 nitrogen and oxygen atoms in total. The molecule has 0 spiro atoms. The Bertz CT molecular complexity index is 689. The van der Waals surface area contributed by atoms with E-state index < -0.39 is 0 Å². The number of ether oxygens (including phenoxy) is 2. The highest BCUT2D eigenvalue weighted by atomic mass is 16.5. The van der Waals surface area contributed by atoms with Gasteiger partial charge in [-0.05, 0) is 24.6 Å². The molecule has 2 N–H and O–H groups in total. The lowest BCUT2D eigenvalue weighted by atomic mass is 10.2. The first kappa shape index (κ1) is 17.6. The molecular weight excluding hydrogens is 306 g/mol. The Hall–Kier alpha value is -2.76. The van der Waals surface area contributed by atoms with Crippen molar-refractivity contribution in [3.63, 3.8) is 0 Å². The fraction of sp³-hybridized carbons (Fsp3) is 0.333. The Labute approximate surface area is 142 Å². The summed E-state index contributed by atoms with van der Waals surface area (Å²) in [6, 6.07) is 7.24. The zero-order valence-electron chi connectivity index (χ0n) is 14.3. The fourth-order valence-corrected chi connectivity index (χ4v) is 2.17. The quantitative estimate of drug-likeness (QED) is 0.727. The number of nitrogens with zero attached hydrogens (tertiary/aromatic N) is 1. The molecule has 1 heterocycles. The first-order valence-corrected chi connectivity index (χ1v) is 7.90. The standard InChI is InChI=1S/C18H23N3O3/c1-4-5-8-20-18(22)13-9-14(12-19-11-13)21-16-7-6-15(23-2)10-17(16)24-3/h6-7,9-12,21H,4-5,8H2,1-3H3,(H,20,22). The smallest absolute Gasteiger partial charge is 0.252 e. The van der Waals surface area contributed by atoms with E-state index in [-0.39, 0.29) is 5.91 Å². The molecular formula is C18H23N3O3. The second kappa shape index (κ2) is 8.76. The number of anilines is 2. The molecule has 0 atom stereocenters. The molecule has 2 aromatic rings. The van der Waals surface area contributed by atoms with Gasteiger partial charge in [-0.3, -0.25) is 9.78 Å². The van der Waals surface area contributed by atoms with E-state index in [2.05, 4.69) is 22.5 Å². The molecule has 1 aromatic carbocycles. The molecule has 0 aliphatic rings. The van der Waals surface area contributed by atoms with Crippen LogP contribution in [0.1, 0.15) is 30.1 Å². The van der Waals surface area contributed by atoms with Crippen molar-refractivity contribution >= 4 is 17.3 Å². The summed E-state index contributed by atoms with van der Waals surface area (Å²) in [5.41, 5.74) is 1.99. The molecule has 0 bridgehead atoms. The predicted molar refractivity (Wildman–Crippen MR) is 94.3 cm³/mol. The molecule has 0 radical (unpaired) electrons. The summed E-state index contributed by atoms with van der Waals surface area (Å²) in [5, 5.41) is 6.09. The number of hydrogen-bond acceptors (Lipinski definition) is 5. The molecule has 0 fully saturated rings. The summed E-state index contributed by atoms with van der Waals surface area (Å²) >= 11 is 0. The van der Waals surface area contributed by atoms with Crippen molar-refractivity contribution in [1.82, 2.24) is 10.3 Å². The maximum Gasteiger partial charge on any atom is 0.252 e. The molecule has 0 saturated carbocycles. The van der Waals surface area contributed by atoms with Crippen molar-refractivity contribution in [1.29, 1.82) is 0 Å². The van der Waals surface area contributed by atoms with Gasteiger partial charge in [-0.2, -0.15) is 0 Å². The number of amides is 1. The Morgan fingerprint density at radius 3 is 2.71 bits per heavy atom. The number of pyridine rings is 1. The summed E-state index contributed by atoms with van der Waals surface area (Å²) in [5.74, 6) is 1.23. The summed E-state index contributed by atoms with van der Waals surface area (Å²) in [7, 11) is 3.20. The molecule has 0 unspecified atom stereocenters. The lowest BCUT2D eigenvalue weighted by molar-refractivity contribution is 0.0953. The molecule has 0 saturated heterocycles. The van der Waals surface area contributed by atoms with E-state index in [1.165, 1.54) is 0 Å². The molecule has 128 valence electrons. The van der Waals surface area contributed by atoms with Gasteiger partial charge >= 0.3 is 0 Å². The Balaban J connectivity index is 2.13. The fourth-order valence-electron chi connectivity index (χ4n) is 2.17. The van der Waals surface area contributed by atoms with Crippen molar-refractivity contribution in [2.24, 2.45) is 0 Å². The van der Waals surface area contributed by atoms with E-state index in [1.54, 1.807) is 38.7 Å². The largest absolute Gasteiger partial charge is 0.497 e.